The van der Waals surface area contributed by atoms with Crippen LogP contribution < -0.4 is 10.5 Å². The molecular weight excluding hydrogens is 336 g/mol. The molecule has 2 nitrogen and oxygen atoms in total. The first-order chi connectivity index (χ1) is 9.58. The number of para-hydroxylation sites is 2. The fourth-order valence-electron chi connectivity index (χ4n) is 1.92. The molecule has 0 amide bonds. The molecule has 0 aromatic heterocycles. The molecule has 0 aliphatic heterocycles. The third-order valence-corrected chi connectivity index (χ3v) is 3.11. The standard InChI is InChI=1S/C12H10B2Cl4N2/c15-13(16)19-11-7-3-1-5-9(11)10-6-2-4-8-12(10)20-14(17)18/h1-8,19-20H. The molecule has 0 unspecified atom stereocenters. The summed E-state index contributed by atoms with van der Waals surface area (Å²) in [7, 11) is 0. The van der Waals surface area contributed by atoms with Crippen LogP contribution in [0, 0.1) is 0 Å². The van der Waals surface area contributed by atoms with Crippen molar-refractivity contribution in [3.05, 3.63) is 48.5 Å². The lowest BCUT2D eigenvalue weighted by Crippen LogP contribution is -2.12. The van der Waals surface area contributed by atoms with Crippen molar-refractivity contribution in [2.45, 2.75) is 0 Å². The van der Waals surface area contributed by atoms with E-state index in [0.717, 1.165) is 22.5 Å². The first kappa shape index (κ1) is 15.7. The van der Waals surface area contributed by atoms with E-state index in [2.05, 4.69) is 10.5 Å². The predicted octanol–water partition coefficient (Wildman–Crippen LogP) is 5.10. The van der Waals surface area contributed by atoms with Gasteiger partial charge in [0, 0.05) is 22.5 Å². The number of anilines is 2. The molecule has 0 aliphatic carbocycles. The SMILES string of the molecule is ClB(Cl)Nc1ccccc1-c1ccccc1NB(Cl)Cl. The highest BCUT2D eigenvalue weighted by atomic mass is 35.5. The highest BCUT2D eigenvalue weighted by Crippen LogP contribution is 2.34. The van der Waals surface area contributed by atoms with Crippen LogP contribution in [0.25, 0.3) is 11.1 Å². The molecule has 0 heterocycles. The van der Waals surface area contributed by atoms with Crippen LogP contribution in [0.2, 0.25) is 0 Å². The third kappa shape index (κ3) is 4.16. The number of hydrogen-bond acceptors (Lipinski definition) is 2. The van der Waals surface area contributed by atoms with Crippen molar-refractivity contribution < 1.29 is 0 Å². The number of rotatable bonds is 5. The number of benzene rings is 2. The molecule has 0 aliphatic rings. The van der Waals surface area contributed by atoms with Gasteiger partial charge in [0.15, 0.2) is 0 Å². The van der Waals surface area contributed by atoms with Crippen LogP contribution >= 0.6 is 45.8 Å². The second-order valence-corrected chi connectivity index (χ2v) is 6.17. The summed E-state index contributed by atoms with van der Waals surface area (Å²) in [5.41, 5.74) is 2.19. The Hall–Kier alpha value is -0.670. The van der Waals surface area contributed by atoms with E-state index in [0.29, 0.717) is 0 Å². The Bertz CT molecular complexity index is 529. The largest absolute Gasteiger partial charge is 0.464 e. The number of nitrogens with one attached hydrogen (secondary N) is 2. The number of hydrogen-bond donors (Lipinski definition) is 2. The average Bonchev–Trinajstić information content (AvgIpc) is 2.39. The van der Waals surface area contributed by atoms with Gasteiger partial charge in [-0.2, -0.15) is 0 Å². The molecule has 0 saturated heterocycles. The highest BCUT2D eigenvalue weighted by Gasteiger charge is 2.14. The summed E-state index contributed by atoms with van der Waals surface area (Å²) in [6, 6.07) is 15.4. The molecule has 2 aromatic rings. The highest BCUT2D eigenvalue weighted by molar-refractivity contribution is 7.35. The zero-order chi connectivity index (χ0) is 14.5. The fraction of sp³-hybridized carbons (Fsp3) is 0. The second-order valence-electron chi connectivity index (χ2n) is 3.98. The fourth-order valence-corrected chi connectivity index (χ4v) is 2.39. The Morgan fingerprint density at radius 2 is 0.950 bits per heavy atom. The monoisotopic (exact) mass is 344 g/mol. The van der Waals surface area contributed by atoms with Gasteiger partial charge in [0.2, 0.25) is 0 Å². The predicted molar refractivity (Wildman–Crippen MR) is 94.0 cm³/mol. The average molecular weight is 346 g/mol. The molecule has 20 heavy (non-hydrogen) atoms. The van der Waals surface area contributed by atoms with Crippen LogP contribution in [0.3, 0.4) is 0 Å². The van der Waals surface area contributed by atoms with Gasteiger partial charge in [-0.15, -0.1) is 45.8 Å². The van der Waals surface area contributed by atoms with E-state index in [1.807, 2.05) is 48.5 Å². The van der Waals surface area contributed by atoms with Gasteiger partial charge < -0.3 is 10.5 Å². The maximum absolute atomic E-state index is 5.79. The number of halogens is 4. The van der Waals surface area contributed by atoms with E-state index < -0.39 is 11.4 Å². The van der Waals surface area contributed by atoms with Gasteiger partial charge in [0.1, 0.15) is 0 Å². The van der Waals surface area contributed by atoms with Crippen molar-refractivity contribution in [3.8, 4) is 11.1 Å². The normalized spacial score (nSPS) is 10.0. The summed E-state index contributed by atoms with van der Waals surface area (Å²) >= 11 is 23.2. The van der Waals surface area contributed by atoms with Crippen LogP contribution in [0.4, 0.5) is 11.4 Å². The van der Waals surface area contributed by atoms with E-state index in [-0.39, 0.29) is 0 Å². The minimum absolute atomic E-state index is 0.690. The Kier molecular flexibility index (Phi) is 5.79. The molecule has 0 fully saturated rings. The summed E-state index contributed by atoms with van der Waals surface area (Å²) in [6.07, 6.45) is 0. The minimum Gasteiger partial charge on any atom is -0.401 e. The minimum atomic E-state index is -0.690. The van der Waals surface area contributed by atoms with E-state index >= 15 is 0 Å². The summed E-state index contributed by atoms with van der Waals surface area (Å²) in [5.74, 6) is 0. The molecule has 0 spiro atoms. The molecule has 0 saturated carbocycles. The summed E-state index contributed by atoms with van der Waals surface area (Å²) in [4.78, 5) is 0. The lowest BCUT2D eigenvalue weighted by molar-refractivity contribution is 1.59. The van der Waals surface area contributed by atoms with Gasteiger partial charge in [-0.3, -0.25) is 0 Å². The Morgan fingerprint density at radius 1 is 0.600 bits per heavy atom. The van der Waals surface area contributed by atoms with Crippen LogP contribution in [-0.2, 0) is 0 Å². The molecule has 8 heteroatoms. The second kappa shape index (κ2) is 7.37. The maximum Gasteiger partial charge on any atom is 0.464 e. The van der Waals surface area contributed by atoms with Crippen LogP contribution in [0.15, 0.2) is 48.5 Å². The van der Waals surface area contributed by atoms with Gasteiger partial charge in [-0.25, -0.2) is 0 Å². The zero-order valence-corrected chi connectivity index (χ0v) is 13.3. The quantitative estimate of drug-likeness (QED) is 0.736. The summed E-state index contributed by atoms with van der Waals surface area (Å²) < 4.78 is 0. The van der Waals surface area contributed by atoms with Crippen LogP contribution in [-0.4, -0.2) is 11.4 Å². The van der Waals surface area contributed by atoms with E-state index in [4.69, 9.17) is 45.8 Å². The van der Waals surface area contributed by atoms with Crippen LogP contribution in [0.1, 0.15) is 0 Å². The summed E-state index contributed by atoms with van der Waals surface area (Å²) in [6.45, 7) is 0. The lowest BCUT2D eigenvalue weighted by Gasteiger charge is -2.16. The van der Waals surface area contributed by atoms with E-state index in [1.54, 1.807) is 0 Å². The topological polar surface area (TPSA) is 24.1 Å². The molecular formula is C12H10B2Cl4N2. The Labute approximate surface area is 138 Å². The van der Waals surface area contributed by atoms with E-state index in [9.17, 15) is 0 Å². The molecule has 0 bridgehead atoms. The maximum atomic E-state index is 5.79. The molecule has 2 aromatic carbocycles. The Morgan fingerprint density at radius 3 is 1.30 bits per heavy atom. The lowest BCUT2D eigenvalue weighted by atomic mass is 10.00. The van der Waals surface area contributed by atoms with Crippen molar-refractivity contribution >= 4 is 68.6 Å². The molecule has 2 N–H and O–H groups in total. The molecule has 0 atom stereocenters. The first-order valence-corrected chi connectivity index (χ1v) is 7.60. The first-order valence-electron chi connectivity index (χ1n) is 5.85. The van der Waals surface area contributed by atoms with Crippen molar-refractivity contribution in [2.24, 2.45) is 0 Å². The molecule has 2 rings (SSSR count). The van der Waals surface area contributed by atoms with Crippen LogP contribution in [0.5, 0.6) is 0 Å². The Balaban J connectivity index is 2.46. The van der Waals surface area contributed by atoms with Gasteiger partial charge in [0.05, 0.1) is 0 Å². The molecule has 102 valence electrons. The third-order valence-electron chi connectivity index (χ3n) is 2.67. The van der Waals surface area contributed by atoms with Crippen molar-refractivity contribution in [1.82, 2.24) is 0 Å². The van der Waals surface area contributed by atoms with Crippen molar-refractivity contribution in [2.75, 3.05) is 10.5 Å². The zero-order valence-electron chi connectivity index (χ0n) is 10.3. The van der Waals surface area contributed by atoms with Crippen molar-refractivity contribution in [1.29, 1.82) is 0 Å². The van der Waals surface area contributed by atoms with Gasteiger partial charge >= 0.3 is 11.4 Å². The van der Waals surface area contributed by atoms with Crippen molar-refractivity contribution in [3.63, 3.8) is 0 Å². The van der Waals surface area contributed by atoms with Gasteiger partial charge in [-0.05, 0) is 12.1 Å². The van der Waals surface area contributed by atoms with E-state index in [1.165, 1.54) is 0 Å². The van der Waals surface area contributed by atoms with Gasteiger partial charge in [-0.1, -0.05) is 36.4 Å². The summed E-state index contributed by atoms with van der Waals surface area (Å²) in [5, 5.41) is 5.98. The molecule has 0 radical (unpaired) electrons. The smallest absolute Gasteiger partial charge is 0.401 e. The van der Waals surface area contributed by atoms with Gasteiger partial charge in [0.25, 0.3) is 0 Å².